The molecule has 0 fully saturated rings. The first-order valence-electron chi connectivity index (χ1n) is 1.76. The highest BCUT2D eigenvalue weighted by Gasteiger charge is 1.69. The second-order valence-corrected chi connectivity index (χ2v) is 0.790. The average Bonchev–Trinajstić information content (AvgIpc) is 1.69. The van der Waals surface area contributed by atoms with Gasteiger partial charge in [0.1, 0.15) is 6.34 Å². The SMILES string of the molecule is COCON=CN. The first-order valence-corrected chi connectivity index (χ1v) is 1.76. The van der Waals surface area contributed by atoms with E-state index in [0.29, 0.717) is 0 Å². The van der Waals surface area contributed by atoms with Crippen molar-refractivity contribution in [2.75, 3.05) is 13.9 Å². The summed E-state index contributed by atoms with van der Waals surface area (Å²) < 4.78 is 4.45. The summed E-state index contributed by atoms with van der Waals surface area (Å²) in [5.41, 5.74) is 4.80. The molecule has 0 saturated carbocycles. The fourth-order valence-electron chi connectivity index (χ4n) is 0.126. The Hall–Kier alpha value is -0.770. The normalized spacial score (nSPS) is 9.86. The van der Waals surface area contributed by atoms with Crippen molar-refractivity contribution in [1.29, 1.82) is 0 Å². The van der Waals surface area contributed by atoms with Crippen molar-refractivity contribution in [3.05, 3.63) is 0 Å². The number of ether oxygens (including phenoxy) is 1. The number of hydrogen-bond acceptors (Lipinski definition) is 3. The molecule has 0 spiro atoms. The molecule has 0 saturated heterocycles. The van der Waals surface area contributed by atoms with Crippen molar-refractivity contribution < 1.29 is 9.57 Å². The van der Waals surface area contributed by atoms with Crippen molar-refractivity contribution in [3.8, 4) is 0 Å². The lowest BCUT2D eigenvalue weighted by molar-refractivity contribution is -0.0277. The molecule has 0 heterocycles. The molecule has 0 amide bonds. The van der Waals surface area contributed by atoms with E-state index >= 15 is 0 Å². The van der Waals surface area contributed by atoms with E-state index in [9.17, 15) is 0 Å². The predicted molar refractivity (Wildman–Crippen MR) is 25.6 cm³/mol. The first-order chi connectivity index (χ1) is 3.41. The van der Waals surface area contributed by atoms with Crippen LogP contribution in [0.25, 0.3) is 0 Å². The van der Waals surface area contributed by atoms with Crippen molar-refractivity contribution in [3.63, 3.8) is 0 Å². The van der Waals surface area contributed by atoms with Gasteiger partial charge in [0, 0.05) is 7.11 Å². The van der Waals surface area contributed by atoms with Crippen LogP contribution < -0.4 is 5.73 Å². The van der Waals surface area contributed by atoms with E-state index in [1.807, 2.05) is 0 Å². The average molecular weight is 104 g/mol. The van der Waals surface area contributed by atoms with Gasteiger partial charge in [-0.25, -0.2) is 0 Å². The molecule has 0 atom stereocenters. The summed E-state index contributed by atoms with van der Waals surface area (Å²) >= 11 is 0. The fraction of sp³-hybridized carbons (Fsp3) is 0.667. The van der Waals surface area contributed by atoms with E-state index in [-0.39, 0.29) is 6.79 Å². The van der Waals surface area contributed by atoms with Gasteiger partial charge in [-0.15, -0.1) is 0 Å². The largest absolute Gasteiger partial charge is 0.387 e. The van der Waals surface area contributed by atoms with E-state index in [1.165, 1.54) is 7.11 Å². The van der Waals surface area contributed by atoms with Gasteiger partial charge in [0.15, 0.2) is 0 Å². The van der Waals surface area contributed by atoms with Gasteiger partial charge in [-0.1, -0.05) is 5.16 Å². The maximum atomic E-state index is 4.80. The van der Waals surface area contributed by atoms with Crippen LogP contribution in [0.15, 0.2) is 5.16 Å². The molecule has 0 aromatic carbocycles. The number of oxime groups is 1. The van der Waals surface area contributed by atoms with Gasteiger partial charge in [-0.3, -0.25) is 0 Å². The minimum absolute atomic E-state index is 0.147. The van der Waals surface area contributed by atoms with Gasteiger partial charge in [-0.2, -0.15) is 0 Å². The second kappa shape index (κ2) is 5.23. The third-order valence-corrected chi connectivity index (χ3v) is 0.306. The maximum absolute atomic E-state index is 4.80. The topological polar surface area (TPSA) is 56.8 Å². The summed E-state index contributed by atoms with van der Waals surface area (Å²) in [6, 6.07) is 0. The zero-order valence-corrected chi connectivity index (χ0v) is 4.13. The maximum Gasteiger partial charge on any atom is 0.216 e. The number of nitrogens with zero attached hydrogens (tertiary/aromatic N) is 1. The lowest BCUT2D eigenvalue weighted by atomic mass is 11.4. The molecular formula is C3H8N2O2. The molecule has 0 radical (unpaired) electrons. The van der Waals surface area contributed by atoms with E-state index in [2.05, 4.69) is 14.7 Å². The smallest absolute Gasteiger partial charge is 0.216 e. The molecule has 2 N–H and O–H groups in total. The van der Waals surface area contributed by atoms with Crippen LogP contribution in [0.1, 0.15) is 0 Å². The van der Waals surface area contributed by atoms with E-state index < -0.39 is 0 Å². The summed E-state index contributed by atoms with van der Waals surface area (Å²) in [5.74, 6) is 0. The van der Waals surface area contributed by atoms with Gasteiger partial charge in [0.2, 0.25) is 6.79 Å². The molecule has 0 rings (SSSR count). The Bertz CT molecular complexity index is 54.9. The number of hydrogen-bond donors (Lipinski definition) is 1. The Balaban J connectivity index is 2.69. The Morgan fingerprint density at radius 2 is 2.57 bits per heavy atom. The summed E-state index contributed by atoms with van der Waals surface area (Å²) in [4.78, 5) is 4.35. The number of rotatable bonds is 3. The quantitative estimate of drug-likeness (QED) is 0.173. The highest BCUT2D eigenvalue weighted by atomic mass is 16.7. The van der Waals surface area contributed by atoms with E-state index in [0.717, 1.165) is 6.34 Å². The molecule has 0 aromatic rings. The van der Waals surface area contributed by atoms with Crippen molar-refractivity contribution >= 4 is 6.34 Å². The minimum Gasteiger partial charge on any atom is -0.387 e. The Morgan fingerprint density at radius 3 is 3.00 bits per heavy atom. The first kappa shape index (κ1) is 6.23. The molecule has 42 valence electrons. The summed E-state index contributed by atoms with van der Waals surface area (Å²) in [6.45, 7) is 0.147. The third kappa shape index (κ3) is 5.23. The van der Waals surface area contributed by atoms with Gasteiger partial charge in [-0.05, 0) is 0 Å². The van der Waals surface area contributed by atoms with Crippen LogP contribution in [-0.4, -0.2) is 20.2 Å². The molecular weight excluding hydrogens is 96.0 g/mol. The van der Waals surface area contributed by atoms with Crippen LogP contribution in [-0.2, 0) is 9.57 Å². The number of methoxy groups -OCH3 is 1. The molecule has 0 bridgehead atoms. The van der Waals surface area contributed by atoms with E-state index in [4.69, 9.17) is 5.73 Å². The van der Waals surface area contributed by atoms with Crippen molar-refractivity contribution in [2.24, 2.45) is 10.9 Å². The number of nitrogens with two attached hydrogens (primary N) is 1. The second-order valence-electron chi connectivity index (χ2n) is 0.790. The Labute approximate surface area is 41.9 Å². The molecule has 7 heavy (non-hydrogen) atoms. The highest BCUT2D eigenvalue weighted by molar-refractivity contribution is 5.49. The van der Waals surface area contributed by atoms with Crippen LogP contribution >= 0.6 is 0 Å². The zero-order valence-electron chi connectivity index (χ0n) is 4.13. The summed E-state index contributed by atoms with van der Waals surface area (Å²) in [7, 11) is 1.51. The third-order valence-electron chi connectivity index (χ3n) is 0.306. The lowest BCUT2D eigenvalue weighted by Gasteiger charge is -1.90. The highest BCUT2D eigenvalue weighted by Crippen LogP contribution is 1.69. The summed E-state index contributed by atoms with van der Waals surface area (Å²) in [6.07, 6.45) is 1.05. The summed E-state index contributed by atoms with van der Waals surface area (Å²) in [5, 5.41) is 3.19. The van der Waals surface area contributed by atoms with Crippen LogP contribution in [0.3, 0.4) is 0 Å². The van der Waals surface area contributed by atoms with Crippen LogP contribution in [0.2, 0.25) is 0 Å². The molecule has 0 aliphatic rings. The van der Waals surface area contributed by atoms with Crippen LogP contribution in [0, 0.1) is 0 Å². The molecule has 0 aliphatic carbocycles. The molecule has 0 aromatic heterocycles. The fourth-order valence-corrected chi connectivity index (χ4v) is 0.126. The van der Waals surface area contributed by atoms with E-state index in [1.54, 1.807) is 0 Å². The zero-order chi connectivity index (χ0) is 5.54. The molecule has 0 unspecified atom stereocenters. The van der Waals surface area contributed by atoms with Gasteiger partial charge < -0.3 is 15.3 Å². The van der Waals surface area contributed by atoms with Crippen LogP contribution in [0.4, 0.5) is 0 Å². The van der Waals surface area contributed by atoms with Crippen LogP contribution in [0.5, 0.6) is 0 Å². The van der Waals surface area contributed by atoms with Gasteiger partial charge in [0.05, 0.1) is 0 Å². The van der Waals surface area contributed by atoms with Gasteiger partial charge >= 0.3 is 0 Å². The minimum atomic E-state index is 0.147. The lowest BCUT2D eigenvalue weighted by Crippen LogP contribution is -1.93. The Kier molecular flexibility index (Phi) is 4.65. The predicted octanol–water partition coefficient (Wildman–Crippen LogP) is -0.491. The monoisotopic (exact) mass is 104 g/mol. The standard InChI is InChI=1S/C3H8N2O2/c1-6-3-7-5-2-4/h2H,3H2,1H3,(H2,4,5). The Morgan fingerprint density at radius 1 is 1.86 bits per heavy atom. The van der Waals surface area contributed by atoms with Gasteiger partial charge in [0.25, 0.3) is 0 Å². The molecule has 4 nitrogen and oxygen atoms in total. The molecule has 4 heteroatoms. The van der Waals surface area contributed by atoms with Crippen molar-refractivity contribution in [1.82, 2.24) is 0 Å². The van der Waals surface area contributed by atoms with Crippen molar-refractivity contribution in [2.45, 2.75) is 0 Å². The molecule has 0 aliphatic heterocycles.